The Hall–Kier alpha value is -1.82. The van der Waals surface area contributed by atoms with Crippen LogP contribution in [-0.2, 0) is 4.79 Å². The second-order valence-corrected chi connectivity index (χ2v) is 6.94. The lowest BCUT2D eigenvalue weighted by Crippen LogP contribution is -2.42. The summed E-state index contributed by atoms with van der Waals surface area (Å²) in [5.74, 6) is 0.991. The third kappa shape index (κ3) is 3.93. The Morgan fingerprint density at radius 1 is 1.30 bits per heavy atom. The molecule has 0 N–H and O–H groups in total. The van der Waals surface area contributed by atoms with Crippen LogP contribution in [0.5, 0.6) is 0 Å². The second-order valence-electron chi connectivity index (χ2n) is 6.94. The van der Waals surface area contributed by atoms with Crippen molar-refractivity contribution in [2.45, 2.75) is 59.4 Å². The molecule has 3 nitrogen and oxygen atoms in total. The van der Waals surface area contributed by atoms with E-state index in [-0.39, 0.29) is 17.9 Å². The van der Waals surface area contributed by atoms with Gasteiger partial charge in [-0.2, -0.15) is 5.26 Å². The number of amides is 1. The van der Waals surface area contributed by atoms with Gasteiger partial charge in [-0.25, -0.2) is 0 Å². The monoisotopic (exact) mass is 311 g/mol. The molecule has 1 saturated carbocycles. The number of nitriles is 1. The molecule has 0 atom stereocenters. The van der Waals surface area contributed by atoms with E-state index in [1.54, 1.807) is 0 Å². The zero-order valence-corrected chi connectivity index (χ0v) is 14.7. The minimum Gasteiger partial charge on any atom is -0.308 e. The highest BCUT2D eigenvalue weighted by molar-refractivity contribution is 5.97. The summed E-state index contributed by atoms with van der Waals surface area (Å²) in [5.41, 5.74) is 2.36. The van der Waals surface area contributed by atoms with Gasteiger partial charge in [0.25, 0.3) is 0 Å². The number of carbonyl (C=O) groups excluding carboxylic acids is 1. The maximum atomic E-state index is 13.1. The molecule has 0 aliphatic heterocycles. The molecule has 0 spiro atoms. The fourth-order valence-electron chi connectivity index (χ4n) is 3.38. The van der Waals surface area contributed by atoms with Gasteiger partial charge in [0.15, 0.2) is 0 Å². The van der Waals surface area contributed by atoms with Crippen LogP contribution < -0.4 is 4.90 Å². The molecule has 1 aliphatic rings. The van der Waals surface area contributed by atoms with Crippen molar-refractivity contribution in [3.63, 3.8) is 0 Å². The molecule has 1 aliphatic carbocycles. The van der Waals surface area contributed by atoms with Gasteiger partial charge in [0.1, 0.15) is 6.07 Å². The maximum Gasteiger partial charge on any atom is 0.230 e. The highest BCUT2D eigenvalue weighted by atomic mass is 16.2. The SMILES string of the molecule is C[CH]c1ccc(C#N)c(N(C(=O)[C@H]2CC[C@H](C)CC2)C(C)C)c1. The van der Waals surface area contributed by atoms with Crippen LogP contribution >= 0.6 is 0 Å². The van der Waals surface area contributed by atoms with Gasteiger partial charge >= 0.3 is 0 Å². The molecule has 3 heteroatoms. The van der Waals surface area contributed by atoms with Crippen LogP contribution in [0, 0.1) is 29.6 Å². The van der Waals surface area contributed by atoms with E-state index in [4.69, 9.17) is 0 Å². The number of carbonyl (C=O) groups is 1. The van der Waals surface area contributed by atoms with E-state index < -0.39 is 0 Å². The second kappa shape index (κ2) is 7.64. The molecule has 23 heavy (non-hydrogen) atoms. The van der Waals surface area contributed by atoms with E-state index in [0.29, 0.717) is 5.56 Å². The summed E-state index contributed by atoms with van der Waals surface area (Å²) >= 11 is 0. The van der Waals surface area contributed by atoms with E-state index in [1.165, 1.54) is 0 Å². The minimum absolute atomic E-state index is 0.0426. The average Bonchev–Trinajstić information content (AvgIpc) is 2.55. The van der Waals surface area contributed by atoms with Gasteiger partial charge in [0, 0.05) is 12.0 Å². The number of anilines is 1. The van der Waals surface area contributed by atoms with Crippen molar-refractivity contribution in [1.29, 1.82) is 5.26 Å². The largest absolute Gasteiger partial charge is 0.308 e. The zero-order chi connectivity index (χ0) is 17.0. The van der Waals surface area contributed by atoms with Crippen LogP contribution in [0.1, 0.15) is 64.5 Å². The van der Waals surface area contributed by atoms with Gasteiger partial charge < -0.3 is 4.90 Å². The van der Waals surface area contributed by atoms with Crippen molar-refractivity contribution in [1.82, 2.24) is 0 Å². The van der Waals surface area contributed by atoms with E-state index in [9.17, 15) is 10.1 Å². The number of rotatable bonds is 4. The minimum atomic E-state index is 0.0426. The van der Waals surface area contributed by atoms with Gasteiger partial charge in [0.05, 0.1) is 11.3 Å². The molecule has 0 bridgehead atoms. The number of nitrogens with zero attached hydrogens (tertiary/aromatic N) is 2. The van der Waals surface area contributed by atoms with Crippen molar-refractivity contribution in [3.8, 4) is 6.07 Å². The van der Waals surface area contributed by atoms with Crippen LogP contribution in [0.4, 0.5) is 5.69 Å². The molecular formula is C20H27N2O. The summed E-state index contributed by atoms with van der Waals surface area (Å²) in [7, 11) is 0. The van der Waals surface area contributed by atoms with E-state index in [1.807, 2.05) is 50.3 Å². The Kier molecular flexibility index (Phi) is 5.82. The molecule has 0 heterocycles. The molecule has 123 valence electrons. The number of benzene rings is 1. The van der Waals surface area contributed by atoms with Crippen molar-refractivity contribution in [2.24, 2.45) is 11.8 Å². The molecule has 1 amide bonds. The summed E-state index contributed by atoms with van der Waals surface area (Å²) in [6, 6.07) is 7.98. The van der Waals surface area contributed by atoms with Crippen molar-refractivity contribution < 1.29 is 4.79 Å². The summed E-state index contributed by atoms with van der Waals surface area (Å²) in [4.78, 5) is 15.0. The third-order valence-corrected chi connectivity index (χ3v) is 4.85. The van der Waals surface area contributed by atoms with Gasteiger partial charge in [-0.3, -0.25) is 4.79 Å². The van der Waals surface area contributed by atoms with Crippen LogP contribution in [-0.4, -0.2) is 11.9 Å². The van der Waals surface area contributed by atoms with Crippen molar-refractivity contribution in [2.75, 3.05) is 4.90 Å². The van der Waals surface area contributed by atoms with Crippen LogP contribution in [0.3, 0.4) is 0 Å². The molecule has 1 aromatic carbocycles. The fourth-order valence-corrected chi connectivity index (χ4v) is 3.38. The highest BCUT2D eigenvalue weighted by Gasteiger charge is 2.31. The first-order valence-electron chi connectivity index (χ1n) is 8.64. The zero-order valence-electron chi connectivity index (χ0n) is 14.7. The lowest BCUT2D eigenvalue weighted by Gasteiger charge is -2.34. The van der Waals surface area contributed by atoms with E-state index in [0.717, 1.165) is 42.9 Å². The molecule has 0 unspecified atom stereocenters. The maximum absolute atomic E-state index is 13.1. The predicted molar refractivity (Wildman–Crippen MR) is 94.0 cm³/mol. The first-order valence-corrected chi connectivity index (χ1v) is 8.64. The van der Waals surface area contributed by atoms with Gasteiger partial charge in [0.2, 0.25) is 5.91 Å². The van der Waals surface area contributed by atoms with E-state index in [2.05, 4.69) is 13.0 Å². The van der Waals surface area contributed by atoms with Gasteiger partial charge in [-0.1, -0.05) is 19.9 Å². The third-order valence-electron chi connectivity index (χ3n) is 4.85. The number of hydrogen-bond donors (Lipinski definition) is 0. The van der Waals surface area contributed by atoms with Crippen LogP contribution in [0.25, 0.3) is 0 Å². The van der Waals surface area contributed by atoms with Crippen molar-refractivity contribution in [3.05, 3.63) is 35.7 Å². The lowest BCUT2D eigenvalue weighted by molar-refractivity contribution is -0.123. The summed E-state index contributed by atoms with van der Waals surface area (Å²) in [6.45, 7) is 8.27. The first-order chi connectivity index (χ1) is 11.0. The van der Waals surface area contributed by atoms with E-state index >= 15 is 0 Å². The highest BCUT2D eigenvalue weighted by Crippen LogP contribution is 2.33. The Balaban J connectivity index is 2.35. The summed E-state index contributed by atoms with van der Waals surface area (Å²) in [6.07, 6.45) is 6.16. The Bertz CT molecular complexity index is 592. The first kappa shape index (κ1) is 17.5. The lowest BCUT2D eigenvalue weighted by atomic mass is 9.82. The Morgan fingerprint density at radius 2 is 1.96 bits per heavy atom. The summed E-state index contributed by atoms with van der Waals surface area (Å²) < 4.78 is 0. The Morgan fingerprint density at radius 3 is 2.48 bits per heavy atom. The predicted octanol–water partition coefficient (Wildman–Crippen LogP) is 4.70. The van der Waals surface area contributed by atoms with Crippen LogP contribution in [0.2, 0.25) is 0 Å². The normalized spacial score (nSPS) is 21.0. The Labute approximate surface area is 140 Å². The van der Waals surface area contributed by atoms with Gasteiger partial charge in [-0.15, -0.1) is 0 Å². The van der Waals surface area contributed by atoms with Crippen molar-refractivity contribution >= 4 is 11.6 Å². The topological polar surface area (TPSA) is 44.1 Å². The molecule has 1 fully saturated rings. The molecule has 2 rings (SSSR count). The molecule has 0 aromatic heterocycles. The molecule has 1 radical (unpaired) electrons. The number of hydrogen-bond acceptors (Lipinski definition) is 2. The molecule has 0 saturated heterocycles. The summed E-state index contributed by atoms with van der Waals surface area (Å²) in [5, 5.41) is 9.44. The molecule has 1 aromatic rings. The quantitative estimate of drug-likeness (QED) is 0.809. The van der Waals surface area contributed by atoms with Gasteiger partial charge in [-0.05, 0) is 69.6 Å². The molecular weight excluding hydrogens is 284 g/mol. The standard InChI is InChI=1S/C20H27N2O/c1-5-16-8-11-18(13-21)19(12-16)22(14(2)3)20(23)17-9-6-15(4)7-10-17/h5,8,11-12,14-15,17H,6-7,9-10H2,1-4H3/t15-,17-. The smallest absolute Gasteiger partial charge is 0.230 e. The average molecular weight is 311 g/mol. The van der Waals surface area contributed by atoms with Crippen LogP contribution in [0.15, 0.2) is 18.2 Å². The fraction of sp³-hybridized carbons (Fsp3) is 0.550.